The van der Waals surface area contributed by atoms with Crippen LogP contribution in [0.4, 0.5) is 0 Å². The number of carbonyl (C=O) groups is 2. The highest BCUT2D eigenvalue weighted by Gasteiger charge is 2.47. The van der Waals surface area contributed by atoms with Crippen molar-refractivity contribution >= 4 is 23.5 Å². The summed E-state index contributed by atoms with van der Waals surface area (Å²) >= 11 is 0. The molecule has 0 aliphatic rings. The molecule has 8 nitrogen and oxygen atoms in total. The summed E-state index contributed by atoms with van der Waals surface area (Å²) in [7, 11) is 2.39. The first-order valence-electron chi connectivity index (χ1n) is 10.5. The standard InChI is InChI=1S/C26H27O8P/c1-16-12-19(31-3)23(20(13-16)32-4)25(27)35(29,18-10-8-7-9-11-18)26(28)24-21(33-5)14-17(30-2)15-22(24)34-6/h7-15H,1-6H3. The summed E-state index contributed by atoms with van der Waals surface area (Å²) < 4.78 is 41.7. The maximum atomic E-state index is 14.8. The Bertz CT molecular complexity index is 1250. The minimum Gasteiger partial charge on any atom is -0.496 e. The Morgan fingerprint density at radius 1 is 0.629 bits per heavy atom. The van der Waals surface area contributed by atoms with Crippen LogP contribution in [0.15, 0.2) is 54.6 Å². The third-order valence-corrected chi connectivity index (χ3v) is 8.10. The second kappa shape index (κ2) is 10.7. The molecule has 0 spiro atoms. The lowest BCUT2D eigenvalue weighted by Crippen LogP contribution is -2.22. The molecule has 0 heterocycles. The molecule has 1 atom stereocenters. The third-order valence-electron chi connectivity index (χ3n) is 5.48. The molecule has 0 N–H and O–H groups in total. The van der Waals surface area contributed by atoms with Crippen LogP contribution in [0.3, 0.4) is 0 Å². The molecular weight excluding hydrogens is 471 g/mol. The molecule has 184 valence electrons. The second-order valence-corrected chi connectivity index (χ2v) is 10.1. The van der Waals surface area contributed by atoms with Crippen LogP contribution in [-0.4, -0.2) is 46.6 Å². The van der Waals surface area contributed by atoms with Gasteiger partial charge in [-0.2, -0.15) is 0 Å². The van der Waals surface area contributed by atoms with Crippen LogP contribution in [0.1, 0.15) is 26.3 Å². The molecule has 3 aromatic rings. The second-order valence-electron chi connectivity index (χ2n) is 7.51. The van der Waals surface area contributed by atoms with Crippen molar-refractivity contribution in [1.29, 1.82) is 0 Å². The summed E-state index contributed by atoms with van der Waals surface area (Å²) in [4.78, 5) is 28.3. The summed E-state index contributed by atoms with van der Waals surface area (Å²) in [6.45, 7) is 1.80. The maximum Gasteiger partial charge on any atom is 0.249 e. The molecule has 0 saturated carbocycles. The average Bonchev–Trinajstić information content (AvgIpc) is 2.90. The van der Waals surface area contributed by atoms with Crippen LogP contribution in [0.25, 0.3) is 0 Å². The number of aryl methyl sites for hydroxylation is 1. The lowest BCUT2D eigenvalue weighted by Gasteiger charge is -2.22. The zero-order valence-electron chi connectivity index (χ0n) is 20.4. The zero-order valence-corrected chi connectivity index (χ0v) is 21.3. The SMILES string of the molecule is COc1cc(OC)c(C(=O)P(=O)(C(=O)c2c(OC)cc(C)cc2OC)c2ccccc2)c(OC)c1. The Kier molecular flexibility index (Phi) is 7.87. The lowest BCUT2D eigenvalue weighted by molar-refractivity contribution is 0.103. The molecule has 0 aliphatic heterocycles. The van der Waals surface area contributed by atoms with Crippen LogP contribution >= 0.6 is 7.14 Å². The fraction of sp³-hybridized carbons (Fsp3) is 0.231. The van der Waals surface area contributed by atoms with Crippen LogP contribution in [0.5, 0.6) is 28.7 Å². The van der Waals surface area contributed by atoms with Gasteiger partial charge in [0.15, 0.2) is 0 Å². The molecule has 1 unspecified atom stereocenters. The Labute approximate surface area is 204 Å². The minimum atomic E-state index is -4.54. The fourth-order valence-electron chi connectivity index (χ4n) is 3.75. The van der Waals surface area contributed by atoms with Gasteiger partial charge in [-0.25, -0.2) is 0 Å². The molecule has 3 rings (SSSR count). The molecule has 0 aliphatic carbocycles. The number of methoxy groups -OCH3 is 5. The first-order valence-corrected chi connectivity index (χ1v) is 12.3. The van der Waals surface area contributed by atoms with Gasteiger partial charge in [0, 0.05) is 17.4 Å². The number of hydrogen-bond donors (Lipinski definition) is 0. The van der Waals surface area contributed by atoms with Crippen molar-refractivity contribution < 1.29 is 37.8 Å². The van der Waals surface area contributed by atoms with Crippen molar-refractivity contribution in [1.82, 2.24) is 0 Å². The van der Waals surface area contributed by atoms with Crippen LogP contribution in [0.2, 0.25) is 0 Å². The number of benzene rings is 3. The number of ether oxygens (including phenoxy) is 5. The first kappa shape index (κ1) is 25.8. The molecular formula is C26H27O8P. The Morgan fingerprint density at radius 3 is 1.40 bits per heavy atom. The Balaban J connectivity index is 2.37. The topological polar surface area (TPSA) is 97.4 Å². The van der Waals surface area contributed by atoms with E-state index in [1.165, 1.54) is 59.8 Å². The normalized spacial score (nSPS) is 12.3. The summed E-state index contributed by atoms with van der Waals surface area (Å²) in [5.74, 6) is 0.753. The van der Waals surface area contributed by atoms with Crippen molar-refractivity contribution in [2.45, 2.75) is 6.92 Å². The van der Waals surface area contributed by atoms with Gasteiger partial charge in [-0.05, 0) is 24.6 Å². The Hall–Kier alpha value is -3.77. The molecule has 0 fully saturated rings. The summed E-state index contributed by atoms with van der Waals surface area (Å²) in [6, 6.07) is 14.0. The van der Waals surface area contributed by atoms with Crippen molar-refractivity contribution in [3.05, 3.63) is 71.3 Å². The van der Waals surface area contributed by atoms with E-state index in [0.717, 1.165) is 5.56 Å². The largest absolute Gasteiger partial charge is 0.496 e. The van der Waals surface area contributed by atoms with E-state index < -0.39 is 18.2 Å². The van der Waals surface area contributed by atoms with Crippen molar-refractivity contribution in [3.63, 3.8) is 0 Å². The predicted octanol–water partition coefficient (Wildman–Crippen LogP) is 4.71. The van der Waals surface area contributed by atoms with Gasteiger partial charge < -0.3 is 28.2 Å². The highest BCUT2D eigenvalue weighted by Crippen LogP contribution is 2.56. The summed E-state index contributed by atoms with van der Waals surface area (Å²) in [5, 5.41) is 0.0552. The highest BCUT2D eigenvalue weighted by molar-refractivity contribution is 8.01. The molecule has 0 saturated heterocycles. The van der Waals surface area contributed by atoms with Crippen molar-refractivity contribution in [3.8, 4) is 28.7 Å². The monoisotopic (exact) mass is 498 g/mol. The number of rotatable bonds is 10. The van der Waals surface area contributed by atoms with Gasteiger partial charge >= 0.3 is 0 Å². The van der Waals surface area contributed by atoms with Gasteiger partial charge in [0.1, 0.15) is 39.9 Å². The predicted molar refractivity (Wildman–Crippen MR) is 133 cm³/mol. The lowest BCUT2D eigenvalue weighted by atomic mass is 10.1. The molecule has 9 heteroatoms. The van der Waals surface area contributed by atoms with Crippen molar-refractivity contribution in [2.75, 3.05) is 35.5 Å². The van der Waals surface area contributed by atoms with Gasteiger partial charge in [-0.15, -0.1) is 0 Å². The Morgan fingerprint density at radius 2 is 1.03 bits per heavy atom. The van der Waals surface area contributed by atoms with E-state index in [2.05, 4.69) is 0 Å². The number of hydrogen-bond acceptors (Lipinski definition) is 8. The van der Waals surface area contributed by atoms with Gasteiger partial charge in [0.05, 0.1) is 35.5 Å². The van der Waals surface area contributed by atoms with Gasteiger partial charge in [-0.3, -0.25) is 9.59 Å². The fourth-order valence-corrected chi connectivity index (χ4v) is 6.07. The summed E-state index contributed by atoms with van der Waals surface area (Å²) in [6.07, 6.45) is 0. The van der Waals surface area contributed by atoms with E-state index in [9.17, 15) is 14.2 Å². The van der Waals surface area contributed by atoms with Crippen LogP contribution < -0.4 is 29.0 Å². The highest BCUT2D eigenvalue weighted by atomic mass is 31.2. The molecule has 0 bridgehead atoms. The summed E-state index contributed by atoms with van der Waals surface area (Å²) in [5.41, 5.74) is -1.35. The van der Waals surface area contributed by atoms with E-state index in [4.69, 9.17) is 23.7 Å². The quantitative estimate of drug-likeness (QED) is 0.371. The molecule has 0 radical (unpaired) electrons. The van der Waals surface area contributed by atoms with E-state index in [1.54, 1.807) is 37.3 Å². The molecule has 3 aromatic carbocycles. The van der Waals surface area contributed by atoms with Gasteiger partial charge in [0.2, 0.25) is 18.2 Å². The van der Waals surface area contributed by atoms with E-state index >= 15 is 0 Å². The molecule has 35 heavy (non-hydrogen) atoms. The third kappa shape index (κ3) is 4.62. The maximum absolute atomic E-state index is 14.8. The van der Waals surface area contributed by atoms with E-state index in [-0.39, 0.29) is 39.4 Å². The smallest absolute Gasteiger partial charge is 0.249 e. The number of carbonyl (C=O) groups excluding carboxylic acids is 2. The van der Waals surface area contributed by atoms with E-state index in [0.29, 0.717) is 5.75 Å². The molecule has 0 amide bonds. The van der Waals surface area contributed by atoms with Gasteiger partial charge in [0.25, 0.3) is 0 Å². The van der Waals surface area contributed by atoms with Crippen molar-refractivity contribution in [2.24, 2.45) is 0 Å². The van der Waals surface area contributed by atoms with Crippen LogP contribution in [-0.2, 0) is 4.57 Å². The minimum absolute atomic E-state index is 0.0537. The molecule has 0 aromatic heterocycles. The van der Waals surface area contributed by atoms with E-state index in [1.807, 2.05) is 0 Å². The van der Waals surface area contributed by atoms with Gasteiger partial charge in [-0.1, -0.05) is 30.3 Å². The average molecular weight is 498 g/mol. The zero-order chi connectivity index (χ0) is 25.8. The van der Waals surface area contributed by atoms with Crippen LogP contribution in [0, 0.1) is 6.92 Å². The first-order chi connectivity index (χ1) is 16.8.